The Kier molecular flexibility index (Phi) is 3.06. The molecular formula is C14H17ClN2. The van der Waals surface area contributed by atoms with Gasteiger partial charge in [0.1, 0.15) is 5.15 Å². The Bertz CT molecular complexity index is 420. The Morgan fingerprint density at radius 2 is 2.24 bits per heavy atom. The number of nitrogens with zero attached hydrogens (tertiary/aromatic N) is 2. The minimum absolute atomic E-state index is 0.576. The van der Waals surface area contributed by atoms with E-state index in [1.165, 1.54) is 37.7 Å². The highest BCUT2D eigenvalue weighted by Gasteiger charge is 2.30. The van der Waals surface area contributed by atoms with Crippen LogP contribution < -0.4 is 0 Å². The summed E-state index contributed by atoms with van der Waals surface area (Å²) in [5, 5.41) is 0.576. The first-order chi connectivity index (χ1) is 8.33. The smallest absolute Gasteiger partial charge is 0.129 e. The summed E-state index contributed by atoms with van der Waals surface area (Å²) in [7, 11) is 0. The van der Waals surface area contributed by atoms with Gasteiger partial charge >= 0.3 is 0 Å². The molecule has 90 valence electrons. The highest BCUT2D eigenvalue weighted by Crippen LogP contribution is 2.35. The Morgan fingerprint density at radius 1 is 1.35 bits per heavy atom. The van der Waals surface area contributed by atoms with Crippen LogP contribution in [0, 0.1) is 0 Å². The molecule has 1 aromatic heterocycles. The molecule has 2 aliphatic carbocycles. The summed E-state index contributed by atoms with van der Waals surface area (Å²) in [4.78, 5) is 6.73. The Morgan fingerprint density at radius 3 is 2.82 bits per heavy atom. The van der Waals surface area contributed by atoms with Crippen LogP contribution in [0.3, 0.4) is 0 Å². The Hall–Kier alpha value is -1.02. The summed E-state index contributed by atoms with van der Waals surface area (Å²) in [5.74, 6) is 0. The number of pyridine rings is 1. The first-order valence-electron chi connectivity index (χ1n) is 6.39. The standard InChI is InChI=1S/C14H17ClN2/c15-14-8-5-11(9-16-14)10-17(13-6-7-13)12-3-1-2-4-12/h3,5,8-9,13H,1-2,4,6-7,10H2. The van der Waals surface area contributed by atoms with E-state index in [2.05, 4.69) is 22.0 Å². The second kappa shape index (κ2) is 4.69. The highest BCUT2D eigenvalue weighted by atomic mass is 35.5. The van der Waals surface area contributed by atoms with Crippen LogP contribution in [0.4, 0.5) is 0 Å². The van der Waals surface area contributed by atoms with E-state index in [0.29, 0.717) is 5.15 Å². The lowest BCUT2D eigenvalue weighted by Gasteiger charge is -2.26. The van der Waals surface area contributed by atoms with E-state index in [1.807, 2.05) is 12.3 Å². The van der Waals surface area contributed by atoms with Crippen LogP contribution in [0.2, 0.25) is 5.15 Å². The van der Waals surface area contributed by atoms with Gasteiger partial charge in [0, 0.05) is 24.5 Å². The zero-order valence-electron chi connectivity index (χ0n) is 9.90. The number of hydrogen-bond donors (Lipinski definition) is 0. The molecule has 0 aliphatic heterocycles. The number of allylic oxidation sites excluding steroid dienone is 2. The first kappa shape index (κ1) is 11.1. The van der Waals surface area contributed by atoms with E-state index < -0.39 is 0 Å². The van der Waals surface area contributed by atoms with Gasteiger partial charge in [-0.15, -0.1) is 0 Å². The van der Waals surface area contributed by atoms with Crippen molar-refractivity contribution in [2.75, 3.05) is 0 Å². The Labute approximate surface area is 107 Å². The molecule has 2 nitrogen and oxygen atoms in total. The van der Waals surface area contributed by atoms with E-state index >= 15 is 0 Å². The van der Waals surface area contributed by atoms with Crippen molar-refractivity contribution in [1.82, 2.24) is 9.88 Å². The van der Waals surface area contributed by atoms with Crippen molar-refractivity contribution < 1.29 is 0 Å². The largest absolute Gasteiger partial charge is 0.368 e. The van der Waals surface area contributed by atoms with Crippen molar-refractivity contribution in [2.24, 2.45) is 0 Å². The van der Waals surface area contributed by atoms with Gasteiger partial charge in [0.2, 0.25) is 0 Å². The van der Waals surface area contributed by atoms with Crippen LogP contribution in [-0.4, -0.2) is 15.9 Å². The number of aromatic nitrogens is 1. The second-order valence-corrected chi connectivity index (χ2v) is 5.32. The van der Waals surface area contributed by atoms with Crippen molar-refractivity contribution in [3.8, 4) is 0 Å². The number of rotatable bonds is 4. The molecule has 3 rings (SSSR count). The van der Waals surface area contributed by atoms with Crippen molar-refractivity contribution >= 4 is 11.6 Å². The summed E-state index contributed by atoms with van der Waals surface area (Å²) in [6.45, 7) is 0.987. The summed E-state index contributed by atoms with van der Waals surface area (Å²) >= 11 is 5.81. The summed E-state index contributed by atoms with van der Waals surface area (Å²) < 4.78 is 0. The molecule has 0 radical (unpaired) electrons. The zero-order valence-corrected chi connectivity index (χ0v) is 10.7. The SMILES string of the molecule is Clc1ccc(CN(C2=CCCC2)C2CC2)cn1. The van der Waals surface area contributed by atoms with E-state index in [0.717, 1.165) is 12.6 Å². The molecule has 17 heavy (non-hydrogen) atoms. The predicted molar refractivity (Wildman–Crippen MR) is 69.7 cm³/mol. The second-order valence-electron chi connectivity index (χ2n) is 4.94. The molecule has 3 heteroatoms. The fourth-order valence-electron chi connectivity index (χ4n) is 2.46. The molecule has 0 amide bonds. The zero-order chi connectivity index (χ0) is 11.7. The van der Waals surface area contributed by atoms with Gasteiger partial charge in [-0.3, -0.25) is 0 Å². The lowest BCUT2D eigenvalue weighted by molar-refractivity contribution is 0.318. The maximum Gasteiger partial charge on any atom is 0.129 e. The molecule has 0 saturated heterocycles. The summed E-state index contributed by atoms with van der Waals surface area (Å²) in [5.41, 5.74) is 2.80. The average Bonchev–Trinajstić information content (AvgIpc) is 3.03. The van der Waals surface area contributed by atoms with Gasteiger partial charge in [-0.25, -0.2) is 4.98 Å². The van der Waals surface area contributed by atoms with E-state index in [9.17, 15) is 0 Å². The average molecular weight is 249 g/mol. The fourth-order valence-corrected chi connectivity index (χ4v) is 2.57. The van der Waals surface area contributed by atoms with Crippen LogP contribution >= 0.6 is 11.6 Å². The molecule has 0 bridgehead atoms. The third-order valence-electron chi connectivity index (χ3n) is 3.52. The minimum atomic E-state index is 0.576. The lowest BCUT2D eigenvalue weighted by Crippen LogP contribution is -2.24. The van der Waals surface area contributed by atoms with Crippen LogP contribution in [0.1, 0.15) is 37.7 Å². The minimum Gasteiger partial charge on any atom is -0.368 e. The normalized spacial score (nSPS) is 19.2. The quantitative estimate of drug-likeness (QED) is 0.754. The molecule has 0 unspecified atom stereocenters. The third kappa shape index (κ3) is 2.63. The van der Waals surface area contributed by atoms with Crippen molar-refractivity contribution in [2.45, 2.75) is 44.7 Å². The number of hydrogen-bond acceptors (Lipinski definition) is 2. The molecule has 1 aromatic rings. The molecule has 2 aliphatic rings. The number of halogens is 1. The molecule has 1 fully saturated rings. The van der Waals surface area contributed by atoms with Crippen LogP contribution in [-0.2, 0) is 6.54 Å². The Balaban J connectivity index is 1.73. The lowest BCUT2D eigenvalue weighted by atomic mass is 10.2. The summed E-state index contributed by atoms with van der Waals surface area (Å²) in [6, 6.07) is 4.74. The van der Waals surface area contributed by atoms with Gasteiger partial charge in [0.25, 0.3) is 0 Å². The predicted octanol–water partition coefficient (Wildman–Crippen LogP) is 3.77. The van der Waals surface area contributed by atoms with E-state index in [4.69, 9.17) is 11.6 Å². The van der Waals surface area contributed by atoms with Crippen LogP contribution in [0.15, 0.2) is 30.1 Å². The van der Waals surface area contributed by atoms with E-state index in [1.54, 1.807) is 5.70 Å². The molecule has 0 N–H and O–H groups in total. The maximum absolute atomic E-state index is 5.81. The monoisotopic (exact) mass is 248 g/mol. The first-order valence-corrected chi connectivity index (χ1v) is 6.77. The van der Waals surface area contributed by atoms with Crippen LogP contribution in [0.25, 0.3) is 0 Å². The van der Waals surface area contributed by atoms with Crippen molar-refractivity contribution in [3.63, 3.8) is 0 Å². The fraction of sp³-hybridized carbons (Fsp3) is 0.500. The van der Waals surface area contributed by atoms with Gasteiger partial charge in [0.15, 0.2) is 0 Å². The molecule has 0 aromatic carbocycles. The molecule has 0 spiro atoms. The van der Waals surface area contributed by atoms with E-state index in [-0.39, 0.29) is 0 Å². The highest BCUT2D eigenvalue weighted by molar-refractivity contribution is 6.29. The molecular weight excluding hydrogens is 232 g/mol. The van der Waals surface area contributed by atoms with Gasteiger partial charge in [-0.2, -0.15) is 0 Å². The van der Waals surface area contributed by atoms with Gasteiger partial charge in [-0.1, -0.05) is 23.7 Å². The maximum atomic E-state index is 5.81. The van der Waals surface area contributed by atoms with Crippen molar-refractivity contribution in [1.29, 1.82) is 0 Å². The molecule has 1 saturated carbocycles. The third-order valence-corrected chi connectivity index (χ3v) is 3.74. The van der Waals surface area contributed by atoms with Gasteiger partial charge in [-0.05, 0) is 43.7 Å². The molecule has 1 heterocycles. The summed E-state index contributed by atoms with van der Waals surface area (Å²) in [6.07, 6.45) is 10.8. The van der Waals surface area contributed by atoms with Crippen molar-refractivity contribution in [3.05, 3.63) is 40.8 Å². The topological polar surface area (TPSA) is 16.1 Å². The van der Waals surface area contributed by atoms with Gasteiger partial charge < -0.3 is 4.90 Å². The van der Waals surface area contributed by atoms with Gasteiger partial charge in [0.05, 0.1) is 0 Å². The molecule has 0 atom stereocenters. The van der Waals surface area contributed by atoms with Crippen LogP contribution in [0.5, 0.6) is 0 Å².